The third-order valence-electron chi connectivity index (χ3n) is 2.04. The number of aliphatic hydroxyl groups is 1. The maximum atomic E-state index is 11.8. The molecule has 0 aliphatic carbocycles. The van der Waals surface area contributed by atoms with Crippen LogP contribution in [0.3, 0.4) is 0 Å². The number of nitrogens with one attached hydrogen (secondary N) is 3. The van der Waals surface area contributed by atoms with Gasteiger partial charge in [-0.05, 0) is 0 Å². The van der Waals surface area contributed by atoms with Crippen LogP contribution in [-0.4, -0.2) is 49.2 Å². The summed E-state index contributed by atoms with van der Waals surface area (Å²) in [7, 11) is -3.39. The number of ether oxygens (including phenoxy) is 1. The number of methoxy groups -OCH3 is 1. The first-order valence-electron chi connectivity index (χ1n) is 4.85. The highest BCUT2D eigenvalue weighted by Crippen LogP contribution is 2.01. The lowest BCUT2D eigenvalue weighted by Gasteiger charge is -2.13. The van der Waals surface area contributed by atoms with Gasteiger partial charge < -0.3 is 14.8 Å². The lowest BCUT2D eigenvalue weighted by atomic mass is 10.3. The Morgan fingerprint density at radius 2 is 2.16 bits per heavy atom. The highest BCUT2D eigenvalue weighted by atomic mass is 32.2. The minimum absolute atomic E-state index is 0.676. The summed E-state index contributed by atoms with van der Waals surface area (Å²) < 4.78 is 29.6. The molecule has 106 valence electrons. The smallest absolute Gasteiger partial charge is 0.326 e. The van der Waals surface area contributed by atoms with Crippen LogP contribution in [0, 0.1) is 0 Å². The monoisotopic (exact) mass is 293 g/mol. The molecule has 0 aliphatic heterocycles. The molecule has 0 aliphatic rings. The number of aromatic nitrogens is 2. The molecular formula is C8H11N3O7S. The Kier molecular flexibility index (Phi) is 4.58. The maximum absolute atomic E-state index is 11.8. The summed E-state index contributed by atoms with van der Waals surface area (Å²) >= 11 is 0. The van der Waals surface area contributed by atoms with Crippen LogP contribution >= 0.6 is 0 Å². The fourth-order valence-electron chi connectivity index (χ4n) is 1.15. The van der Waals surface area contributed by atoms with Crippen molar-refractivity contribution in [3.8, 4) is 0 Å². The van der Waals surface area contributed by atoms with E-state index in [2.05, 4.69) is 4.74 Å². The van der Waals surface area contributed by atoms with Crippen LogP contribution in [0.4, 0.5) is 0 Å². The molecule has 0 spiro atoms. The number of rotatable bonds is 5. The van der Waals surface area contributed by atoms with E-state index in [-0.39, 0.29) is 0 Å². The van der Waals surface area contributed by atoms with Gasteiger partial charge in [0, 0.05) is 6.20 Å². The molecule has 11 heteroatoms. The van der Waals surface area contributed by atoms with Gasteiger partial charge in [-0.15, -0.1) is 0 Å². The Hall–Kier alpha value is -1.98. The molecule has 1 unspecified atom stereocenters. The van der Waals surface area contributed by atoms with Gasteiger partial charge in [-0.1, -0.05) is 0 Å². The van der Waals surface area contributed by atoms with Gasteiger partial charge in [0.05, 0.1) is 13.7 Å². The Morgan fingerprint density at radius 3 is 2.63 bits per heavy atom. The Balaban J connectivity index is 3.14. The summed E-state index contributed by atoms with van der Waals surface area (Å²) in [5.41, 5.74) is -2.03. The molecule has 1 aromatic rings. The molecule has 0 saturated heterocycles. The van der Waals surface area contributed by atoms with Gasteiger partial charge in [-0.3, -0.25) is 14.6 Å². The number of H-pyrrole nitrogens is 2. The van der Waals surface area contributed by atoms with E-state index >= 15 is 0 Å². The molecule has 1 heterocycles. The number of sulfonamides is 1. The second-order valence-electron chi connectivity index (χ2n) is 3.32. The first-order valence-corrected chi connectivity index (χ1v) is 6.33. The van der Waals surface area contributed by atoms with Crippen molar-refractivity contribution in [2.75, 3.05) is 13.7 Å². The van der Waals surface area contributed by atoms with Gasteiger partial charge >= 0.3 is 11.7 Å². The van der Waals surface area contributed by atoms with E-state index in [0.29, 0.717) is 6.20 Å². The molecule has 0 aromatic carbocycles. The molecule has 19 heavy (non-hydrogen) atoms. The Bertz CT molecular complexity index is 674. The quantitative estimate of drug-likeness (QED) is 0.418. The molecule has 0 fully saturated rings. The van der Waals surface area contributed by atoms with Gasteiger partial charge in [0.15, 0.2) is 4.90 Å². The van der Waals surface area contributed by atoms with E-state index in [1.165, 1.54) is 0 Å². The molecular weight excluding hydrogens is 282 g/mol. The number of hydrogen-bond acceptors (Lipinski definition) is 7. The Labute approximate surface area is 106 Å². The third kappa shape index (κ3) is 3.49. The molecule has 1 rings (SSSR count). The molecule has 0 saturated carbocycles. The number of hydrogen-bond donors (Lipinski definition) is 4. The molecule has 1 aromatic heterocycles. The summed E-state index contributed by atoms with van der Waals surface area (Å²) in [4.78, 5) is 36.1. The molecule has 4 N–H and O–H groups in total. The first-order chi connectivity index (χ1) is 8.81. The van der Waals surface area contributed by atoms with Gasteiger partial charge in [-0.25, -0.2) is 13.2 Å². The molecule has 0 amide bonds. The summed E-state index contributed by atoms with van der Waals surface area (Å²) in [6.45, 7) is -0.854. The van der Waals surface area contributed by atoms with E-state index in [1.54, 1.807) is 9.71 Å². The standard InChI is InChI=1S/C8H11N3O7S/c1-18-7(14)4(3-12)11-19(16,17)5-2-9-8(15)10-6(5)13/h2,4,11-12H,3H2,1H3,(H2,9,10,13,15). The van der Waals surface area contributed by atoms with Gasteiger partial charge in [0.2, 0.25) is 10.0 Å². The number of carbonyl (C=O) groups is 1. The van der Waals surface area contributed by atoms with Crippen LogP contribution < -0.4 is 16.0 Å². The van der Waals surface area contributed by atoms with Crippen LogP contribution in [0.1, 0.15) is 0 Å². The van der Waals surface area contributed by atoms with Gasteiger partial charge in [-0.2, -0.15) is 4.72 Å². The van der Waals surface area contributed by atoms with Crippen molar-refractivity contribution >= 4 is 16.0 Å². The lowest BCUT2D eigenvalue weighted by molar-refractivity contribution is -0.143. The summed E-state index contributed by atoms with van der Waals surface area (Å²) in [5, 5.41) is 8.88. The second-order valence-corrected chi connectivity index (χ2v) is 5.00. The third-order valence-corrected chi connectivity index (χ3v) is 3.52. The van der Waals surface area contributed by atoms with Crippen molar-refractivity contribution in [2.45, 2.75) is 10.9 Å². The van der Waals surface area contributed by atoms with E-state index in [1.807, 2.05) is 4.98 Å². The summed E-state index contributed by atoms with van der Waals surface area (Å²) in [6, 6.07) is -1.55. The normalized spacial score (nSPS) is 12.9. The topological polar surface area (TPSA) is 158 Å². The number of aliphatic hydroxyl groups excluding tert-OH is 1. The summed E-state index contributed by atoms with van der Waals surface area (Å²) in [5.74, 6) is -1.02. The van der Waals surface area contributed by atoms with Crippen LogP contribution in [0.2, 0.25) is 0 Å². The number of carbonyl (C=O) groups excluding carboxylic acids is 1. The highest BCUT2D eigenvalue weighted by Gasteiger charge is 2.27. The Morgan fingerprint density at radius 1 is 1.53 bits per heavy atom. The molecule has 0 radical (unpaired) electrons. The average molecular weight is 293 g/mol. The largest absolute Gasteiger partial charge is 0.468 e. The van der Waals surface area contributed by atoms with Crippen molar-refractivity contribution in [3.05, 3.63) is 27.0 Å². The average Bonchev–Trinajstić information content (AvgIpc) is 2.34. The fourth-order valence-corrected chi connectivity index (χ4v) is 2.33. The van der Waals surface area contributed by atoms with E-state index in [9.17, 15) is 22.8 Å². The van der Waals surface area contributed by atoms with E-state index in [4.69, 9.17) is 5.11 Å². The second kappa shape index (κ2) is 5.77. The van der Waals surface area contributed by atoms with Crippen molar-refractivity contribution < 1.29 is 23.1 Å². The molecule has 0 bridgehead atoms. The van der Waals surface area contributed by atoms with E-state index < -0.39 is 44.8 Å². The van der Waals surface area contributed by atoms with Crippen molar-refractivity contribution in [1.29, 1.82) is 0 Å². The lowest BCUT2D eigenvalue weighted by Crippen LogP contribution is -2.45. The predicted molar refractivity (Wildman–Crippen MR) is 60.9 cm³/mol. The minimum atomic E-state index is -4.40. The van der Waals surface area contributed by atoms with Crippen molar-refractivity contribution in [2.24, 2.45) is 0 Å². The van der Waals surface area contributed by atoms with Crippen LogP contribution in [0.15, 0.2) is 20.7 Å². The minimum Gasteiger partial charge on any atom is -0.468 e. The van der Waals surface area contributed by atoms with Crippen molar-refractivity contribution in [3.63, 3.8) is 0 Å². The van der Waals surface area contributed by atoms with E-state index in [0.717, 1.165) is 7.11 Å². The number of esters is 1. The molecule has 10 nitrogen and oxygen atoms in total. The SMILES string of the molecule is COC(=O)C(CO)NS(=O)(=O)c1c[nH]c(=O)[nH]c1=O. The maximum Gasteiger partial charge on any atom is 0.326 e. The fraction of sp³-hybridized carbons (Fsp3) is 0.375. The van der Waals surface area contributed by atoms with Crippen LogP contribution in [0.5, 0.6) is 0 Å². The van der Waals surface area contributed by atoms with Crippen molar-refractivity contribution in [1.82, 2.24) is 14.7 Å². The zero-order chi connectivity index (χ0) is 14.6. The first kappa shape index (κ1) is 15.1. The van der Waals surface area contributed by atoms with Gasteiger partial charge in [0.25, 0.3) is 5.56 Å². The zero-order valence-electron chi connectivity index (χ0n) is 9.67. The highest BCUT2D eigenvalue weighted by molar-refractivity contribution is 7.89. The van der Waals surface area contributed by atoms with Crippen LogP contribution in [0.25, 0.3) is 0 Å². The summed E-state index contributed by atoms with van der Waals surface area (Å²) in [6.07, 6.45) is 0.676. The van der Waals surface area contributed by atoms with Crippen LogP contribution in [-0.2, 0) is 19.6 Å². The molecule has 1 atom stereocenters. The number of aromatic amines is 2. The predicted octanol–water partition coefficient (Wildman–Crippen LogP) is -3.12. The zero-order valence-corrected chi connectivity index (χ0v) is 10.5. The van der Waals surface area contributed by atoms with Gasteiger partial charge in [0.1, 0.15) is 6.04 Å².